The van der Waals surface area contributed by atoms with E-state index in [9.17, 15) is 0 Å². The van der Waals surface area contributed by atoms with Gasteiger partial charge in [0, 0.05) is 5.56 Å². The van der Waals surface area contributed by atoms with Crippen LogP contribution in [-0.2, 0) is 6.42 Å². The number of benzene rings is 2. The minimum Gasteiger partial charge on any atom is -0.436 e. The lowest BCUT2D eigenvalue weighted by Gasteiger charge is -2.07. The number of hydrogen-bond acceptors (Lipinski definition) is 2. The van der Waals surface area contributed by atoms with Gasteiger partial charge in [0.25, 0.3) is 0 Å². The second-order valence-corrected chi connectivity index (χ2v) is 5.49. The SMILES string of the molecule is CC(C)CCc1ccc[c]c1-c1nc2ccccc2o1. The Labute approximate surface area is 119 Å². The molecule has 0 saturated carbocycles. The van der Waals surface area contributed by atoms with Gasteiger partial charge in [-0.3, -0.25) is 0 Å². The Hall–Kier alpha value is -2.09. The fourth-order valence-corrected chi connectivity index (χ4v) is 2.30. The van der Waals surface area contributed by atoms with Crippen LogP contribution in [0, 0.1) is 12.0 Å². The first-order valence-electron chi connectivity index (χ1n) is 7.09. The van der Waals surface area contributed by atoms with Crippen molar-refractivity contribution in [3.63, 3.8) is 0 Å². The summed E-state index contributed by atoms with van der Waals surface area (Å²) in [5, 5.41) is 0. The minimum atomic E-state index is 0.672. The third kappa shape index (κ3) is 2.60. The Morgan fingerprint density at radius 2 is 2.00 bits per heavy atom. The summed E-state index contributed by atoms with van der Waals surface area (Å²) in [5.74, 6) is 1.36. The molecule has 0 fully saturated rings. The van der Waals surface area contributed by atoms with Gasteiger partial charge in [-0.15, -0.1) is 0 Å². The van der Waals surface area contributed by atoms with Gasteiger partial charge in [0.2, 0.25) is 5.89 Å². The third-order valence-electron chi connectivity index (χ3n) is 3.44. The zero-order valence-corrected chi connectivity index (χ0v) is 11.9. The Bertz CT molecular complexity index is 679. The van der Waals surface area contributed by atoms with E-state index in [0.717, 1.165) is 29.5 Å². The molecule has 0 aliphatic carbocycles. The fourth-order valence-electron chi connectivity index (χ4n) is 2.30. The molecule has 101 valence electrons. The van der Waals surface area contributed by atoms with E-state index in [1.165, 1.54) is 5.56 Å². The fraction of sp³-hybridized carbons (Fsp3) is 0.278. The average Bonchev–Trinajstić information content (AvgIpc) is 2.89. The number of para-hydroxylation sites is 2. The Morgan fingerprint density at radius 1 is 1.15 bits per heavy atom. The summed E-state index contributed by atoms with van der Waals surface area (Å²) in [6.07, 6.45) is 2.19. The number of oxazole rings is 1. The van der Waals surface area contributed by atoms with Gasteiger partial charge in [-0.05, 0) is 42.5 Å². The summed E-state index contributed by atoms with van der Waals surface area (Å²) in [6.45, 7) is 4.48. The van der Waals surface area contributed by atoms with Crippen molar-refractivity contribution in [2.75, 3.05) is 0 Å². The molecular weight excluding hydrogens is 246 g/mol. The number of aryl methyl sites for hydroxylation is 1. The quantitative estimate of drug-likeness (QED) is 0.671. The van der Waals surface area contributed by atoms with Crippen LogP contribution in [0.5, 0.6) is 0 Å². The van der Waals surface area contributed by atoms with Crippen LogP contribution in [0.4, 0.5) is 0 Å². The van der Waals surface area contributed by atoms with Gasteiger partial charge in [-0.2, -0.15) is 0 Å². The second-order valence-electron chi connectivity index (χ2n) is 5.49. The molecule has 2 aromatic carbocycles. The molecule has 20 heavy (non-hydrogen) atoms. The van der Waals surface area contributed by atoms with Gasteiger partial charge in [0.05, 0.1) is 0 Å². The topological polar surface area (TPSA) is 26.0 Å². The van der Waals surface area contributed by atoms with Crippen LogP contribution in [-0.4, -0.2) is 4.98 Å². The molecule has 2 heteroatoms. The standard InChI is InChI=1S/C18H18NO/c1-13(2)11-12-14-7-3-4-8-15(14)18-19-16-9-5-6-10-17(16)20-18/h3-7,9-10,13H,11-12H2,1-2H3. The Kier molecular flexibility index (Phi) is 3.55. The molecule has 1 radical (unpaired) electrons. The first kappa shape index (κ1) is 12.9. The highest BCUT2D eigenvalue weighted by Gasteiger charge is 2.12. The molecule has 0 bridgehead atoms. The van der Waals surface area contributed by atoms with E-state index in [1.807, 2.05) is 36.4 Å². The van der Waals surface area contributed by atoms with Gasteiger partial charge >= 0.3 is 0 Å². The lowest BCUT2D eigenvalue weighted by Crippen LogP contribution is -1.95. The van der Waals surface area contributed by atoms with E-state index >= 15 is 0 Å². The molecule has 0 N–H and O–H groups in total. The van der Waals surface area contributed by atoms with Crippen LogP contribution in [0.1, 0.15) is 25.8 Å². The maximum Gasteiger partial charge on any atom is 0.228 e. The molecule has 0 amide bonds. The molecule has 0 unspecified atom stereocenters. The first-order chi connectivity index (χ1) is 9.74. The summed E-state index contributed by atoms with van der Waals surface area (Å²) >= 11 is 0. The van der Waals surface area contributed by atoms with Crippen LogP contribution >= 0.6 is 0 Å². The highest BCUT2D eigenvalue weighted by Crippen LogP contribution is 2.27. The maximum atomic E-state index is 5.86. The number of fused-ring (bicyclic) bond motifs is 1. The summed E-state index contributed by atoms with van der Waals surface area (Å²) in [5.41, 5.74) is 3.97. The molecule has 0 aliphatic heterocycles. The van der Waals surface area contributed by atoms with Crippen LogP contribution in [0.15, 0.2) is 46.9 Å². The number of rotatable bonds is 4. The van der Waals surface area contributed by atoms with E-state index in [1.54, 1.807) is 0 Å². The van der Waals surface area contributed by atoms with Crippen LogP contribution in [0.3, 0.4) is 0 Å². The predicted octanol–water partition coefficient (Wildman–Crippen LogP) is 4.88. The monoisotopic (exact) mass is 264 g/mol. The highest BCUT2D eigenvalue weighted by atomic mass is 16.3. The van der Waals surface area contributed by atoms with Gasteiger partial charge in [-0.25, -0.2) is 4.98 Å². The van der Waals surface area contributed by atoms with Gasteiger partial charge in [0.15, 0.2) is 5.58 Å². The minimum absolute atomic E-state index is 0.672. The summed E-state index contributed by atoms with van der Waals surface area (Å²) < 4.78 is 5.86. The zero-order valence-electron chi connectivity index (χ0n) is 11.9. The smallest absolute Gasteiger partial charge is 0.228 e. The van der Waals surface area contributed by atoms with E-state index in [4.69, 9.17) is 4.42 Å². The van der Waals surface area contributed by atoms with Crippen molar-refractivity contribution in [2.45, 2.75) is 26.7 Å². The van der Waals surface area contributed by atoms with Crippen molar-refractivity contribution in [3.05, 3.63) is 54.1 Å². The lowest BCUT2D eigenvalue weighted by atomic mass is 9.98. The Balaban J connectivity index is 2.00. The molecule has 0 saturated heterocycles. The third-order valence-corrected chi connectivity index (χ3v) is 3.44. The summed E-state index contributed by atoms with van der Waals surface area (Å²) in [6, 6.07) is 17.2. The van der Waals surface area contributed by atoms with Crippen molar-refractivity contribution in [2.24, 2.45) is 5.92 Å². The van der Waals surface area contributed by atoms with Gasteiger partial charge in [-0.1, -0.05) is 44.2 Å². The van der Waals surface area contributed by atoms with Crippen molar-refractivity contribution < 1.29 is 4.42 Å². The van der Waals surface area contributed by atoms with E-state index in [-0.39, 0.29) is 0 Å². The van der Waals surface area contributed by atoms with Gasteiger partial charge < -0.3 is 4.42 Å². The van der Waals surface area contributed by atoms with Gasteiger partial charge in [0.1, 0.15) is 5.52 Å². The molecule has 3 aromatic rings. The van der Waals surface area contributed by atoms with Crippen molar-refractivity contribution in [1.29, 1.82) is 0 Å². The van der Waals surface area contributed by atoms with Crippen molar-refractivity contribution in [1.82, 2.24) is 4.98 Å². The molecule has 2 nitrogen and oxygen atoms in total. The lowest BCUT2D eigenvalue weighted by molar-refractivity contribution is 0.584. The molecule has 0 atom stereocenters. The molecule has 1 aromatic heterocycles. The first-order valence-corrected chi connectivity index (χ1v) is 7.09. The average molecular weight is 264 g/mol. The largest absolute Gasteiger partial charge is 0.436 e. The summed E-state index contributed by atoms with van der Waals surface area (Å²) in [7, 11) is 0. The predicted molar refractivity (Wildman–Crippen MR) is 81.4 cm³/mol. The van der Waals surface area contributed by atoms with E-state index in [2.05, 4.69) is 31.0 Å². The van der Waals surface area contributed by atoms with Crippen molar-refractivity contribution >= 4 is 11.1 Å². The highest BCUT2D eigenvalue weighted by molar-refractivity contribution is 5.76. The van der Waals surface area contributed by atoms with Crippen LogP contribution in [0.25, 0.3) is 22.6 Å². The molecule has 0 spiro atoms. The number of aromatic nitrogens is 1. The molecular formula is C18H18NO. The molecule has 0 aliphatic rings. The Morgan fingerprint density at radius 3 is 2.80 bits per heavy atom. The van der Waals surface area contributed by atoms with Crippen molar-refractivity contribution in [3.8, 4) is 11.5 Å². The number of nitrogens with zero attached hydrogens (tertiary/aromatic N) is 1. The second kappa shape index (κ2) is 5.49. The normalized spacial score (nSPS) is 11.3. The summed E-state index contributed by atoms with van der Waals surface area (Å²) in [4.78, 5) is 4.57. The van der Waals surface area contributed by atoms with E-state index < -0.39 is 0 Å². The zero-order chi connectivity index (χ0) is 13.9. The van der Waals surface area contributed by atoms with Crippen LogP contribution in [0.2, 0.25) is 0 Å². The van der Waals surface area contributed by atoms with Crippen LogP contribution < -0.4 is 0 Å². The molecule has 1 heterocycles. The van der Waals surface area contributed by atoms with E-state index in [0.29, 0.717) is 11.8 Å². The maximum absolute atomic E-state index is 5.86. The number of hydrogen-bond donors (Lipinski definition) is 0. The molecule has 3 rings (SSSR count).